The molecule has 3 N–H and O–H groups in total. The standard InChI is InChI=1S/C19H21FN4O/c20-11-1-2-15-13(9-11)12(4-8-22-15)18(25)24-17(21)14-10-19(6-7-19)5-3-16(14)23-24/h1-2,9,12,22H,3-8,10,21H2. The van der Waals surface area contributed by atoms with Crippen LogP contribution in [0.4, 0.5) is 15.9 Å². The third kappa shape index (κ3) is 2.27. The van der Waals surface area contributed by atoms with Gasteiger partial charge in [0.1, 0.15) is 11.6 Å². The minimum absolute atomic E-state index is 0.148. The van der Waals surface area contributed by atoms with Crippen LogP contribution in [0.2, 0.25) is 0 Å². The number of rotatable bonds is 1. The Balaban J connectivity index is 1.52. The number of nitrogens with zero attached hydrogens (tertiary/aromatic N) is 2. The number of carbonyl (C=O) groups excluding carboxylic acids is 1. The van der Waals surface area contributed by atoms with Gasteiger partial charge < -0.3 is 11.1 Å². The summed E-state index contributed by atoms with van der Waals surface area (Å²) in [4.78, 5) is 13.2. The van der Waals surface area contributed by atoms with Gasteiger partial charge in [0, 0.05) is 17.8 Å². The highest BCUT2D eigenvalue weighted by atomic mass is 19.1. The Bertz CT molecular complexity index is 884. The van der Waals surface area contributed by atoms with E-state index in [1.165, 1.54) is 29.7 Å². The van der Waals surface area contributed by atoms with Gasteiger partial charge in [-0.05, 0) is 67.7 Å². The molecule has 1 aliphatic heterocycles. The van der Waals surface area contributed by atoms with Gasteiger partial charge in [-0.3, -0.25) is 4.79 Å². The van der Waals surface area contributed by atoms with E-state index in [2.05, 4.69) is 10.4 Å². The number of halogens is 1. The number of nitrogen functional groups attached to an aromatic ring is 1. The van der Waals surface area contributed by atoms with Crippen LogP contribution in [0.25, 0.3) is 0 Å². The number of carbonyl (C=O) groups is 1. The number of hydrogen-bond donors (Lipinski definition) is 2. The maximum Gasteiger partial charge on any atom is 0.256 e. The summed E-state index contributed by atoms with van der Waals surface area (Å²) in [6.07, 6.45) is 6.11. The summed E-state index contributed by atoms with van der Waals surface area (Å²) in [5.41, 5.74) is 10.3. The van der Waals surface area contributed by atoms with Crippen molar-refractivity contribution in [2.24, 2.45) is 5.41 Å². The van der Waals surface area contributed by atoms with Crippen LogP contribution in [0.15, 0.2) is 18.2 Å². The third-order valence-electron chi connectivity index (χ3n) is 6.15. The van der Waals surface area contributed by atoms with Crippen LogP contribution in [0.3, 0.4) is 0 Å². The monoisotopic (exact) mass is 340 g/mol. The lowest BCUT2D eigenvalue weighted by Gasteiger charge is -2.25. The zero-order chi connectivity index (χ0) is 17.2. The van der Waals surface area contributed by atoms with Crippen molar-refractivity contribution >= 4 is 17.4 Å². The first-order valence-corrected chi connectivity index (χ1v) is 9.00. The van der Waals surface area contributed by atoms with Gasteiger partial charge in [-0.25, -0.2) is 4.39 Å². The van der Waals surface area contributed by atoms with E-state index in [1.54, 1.807) is 6.07 Å². The second-order valence-corrected chi connectivity index (χ2v) is 7.74. The largest absolute Gasteiger partial charge is 0.385 e. The lowest BCUT2D eigenvalue weighted by Crippen LogP contribution is -2.28. The Morgan fingerprint density at radius 2 is 2.20 bits per heavy atom. The second kappa shape index (κ2) is 5.07. The zero-order valence-corrected chi connectivity index (χ0v) is 14.0. The molecular weight excluding hydrogens is 319 g/mol. The third-order valence-corrected chi connectivity index (χ3v) is 6.15. The fourth-order valence-electron chi connectivity index (χ4n) is 4.42. The van der Waals surface area contributed by atoms with Crippen molar-refractivity contribution in [1.29, 1.82) is 0 Å². The normalized spacial score (nSPS) is 22.8. The average Bonchev–Trinajstić information content (AvgIpc) is 3.29. The Labute approximate surface area is 145 Å². The van der Waals surface area contributed by atoms with E-state index >= 15 is 0 Å². The molecule has 1 unspecified atom stereocenters. The van der Waals surface area contributed by atoms with Crippen LogP contribution in [-0.4, -0.2) is 22.2 Å². The van der Waals surface area contributed by atoms with Crippen LogP contribution in [-0.2, 0) is 12.8 Å². The van der Waals surface area contributed by atoms with Crippen molar-refractivity contribution in [2.45, 2.75) is 44.4 Å². The van der Waals surface area contributed by atoms with E-state index in [-0.39, 0.29) is 11.7 Å². The maximum atomic E-state index is 13.7. The zero-order valence-electron chi connectivity index (χ0n) is 14.0. The molecule has 25 heavy (non-hydrogen) atoms. The van der Waals surface area contributed by atoms with E-state index in [4.69, 9.17) is 5.73 Å². The Hall–Kier alpha value is -2.37. The molecule has 2 aromatic rings. The van der Waals surface area contributed by atoms with Gasteiger partial charge in [0.05, 0.1) is 11.6 Å². The number of benzene rings is 1. The van der Waals surface area contributed by atoms with Crippen LogP contribution in [0.5, 0.6) is 0 Å². The fourth-order valence-corrected chi connectivity index (χ4v) is 4.42. The number of aromatic nitrogens is 2. The number of nitrogens with one attached hydrogen (secondary N) is 1. The molecule has 0 saturated heterocycles. The summed E-state index contributed by atoms with van der Waals surface area (Å²) in [7, 11) is 0. The van der Waals surface area contributed by atoms with E-state index in [0.717, 1.165) is 36.2 Å². The first-order valence-electron chi connectivity index (χ1n) is 9.00. The lowest BCUT2D eigenvalue weighted by molar-refractivity contribution is 0.0859. The van der Waals surface area contributed by atoms with Gasteiger partial charge in [0.2, 0.25) is 0 Å². The molecule has 130 valence electrons. The molecule has 5 nitrogen and oxygen atoms in total. The van der Waals surface area contributed by atoms with Crippen molar-refractivity contribution in [1.82, 2.24) is 9.78 Å². The number of aryl methyl sites for hydroxylation is 1. The van der Waals surface area contributed by atoms with Crippen molar-refractivity contribution in [2.75, 3.05) is 17.6 Å². The summed E-state index contributed by atoms with van der Waals surface area (Å²) >= 11 is 0. The number of nitrogens with two attached hydrogens (primary N) is 1. The van der Waals surface area contributed by atoms with Gasteiger partial charge in [0.25, 0.3) is 5.91 Å². The van der Waals surface area contributed by atoms with Gasteiger partial charge in [-0.1, -0.05) is 0 Å². The summed E-state index contributed by atoms with van der Waals surface area (Å²) in [6, 6.07) is 4.55. The first-order chi connectivity index (χ1) is 12.1. The number of hydrogen-bond acceptors (Lipinski definition) is 4. The van der Waals surface area contributed by atoms with Crippen LogP contribution in [0.1, 0.15) is 53.2 Å². The Morgan fingerprint density at radius 3 is 3.00 bits per heavy atom. The first kappa shape index (κ1) is 14.9. The van der Waals surface area contributed by atoms with Crippen molar-refractivity contribution in [3.8, 4) is 0 Å². The minimum atomic E-state index is -0.412. The highest BCUT2D eigenvalue weighted by molar-refractivity contribution is 5.90. The van der Waals surface area contributed by atoms with Crippen molar-refractivity contribution < 1.29 is 9.18 Å². The predicted molar refractivity (Wildman–Crippen MR) is 93.2 cm³/mol. The van der Waals surface area contributed by atoms with Crippen LogP contribution in [0, 0.1) is 11.2 Å². The maximum absolute atomic E-state index is 13.7. The summed E-state index contributed by atoms with van der Waals surface area (Å²) < 4.78 is 15.1. The number of fused-ring (bicyclic) bond motifs is 2. The molecule has 1 aromatic heterocycles. The Morgan fingerprint density at radius 1 is 1.36 bits per heavy atom. The summed E-state index contributed by atoms with van der Waals surface area (Å²) in [6.45, 7) is 0.680. The lowest BCUT2D eigenvalue weighted by atomic mass is 9.85. The summed E-state index contributed by atoms with van der Waals surface area (Å²) in [5, 5.41) is 7.77. The van der Waals surface area contributed by atoms with Crippen LogP contribution < -0.4 is 11.1 Å². The smallest absolute Gasteiger partial charge is 0.256 e. The molecule has 6 heteroatoms. The minimum Gasteiger partial charge on any atom is -0.385 e. The molecule has 3 aliphatic rings. The van der Waals surface area contributed by atoms with E-state index in [9.17, 15) is 9.18 Å². The molecule has 2 heterocycles. The van der Waals surface area contributed by atoms with Crippen molar-refractivity contribution in [3.63, 3.8) is 0 Å². The van der Waals surface area contributed by atoms with Gasteiger partial charge in [-0.15, -0.1) is 0 Å². The Kier molecular flexibility index (Phi) is 3.03. The molecule has 1 fully saturated rings. The molecule has 0 bridgehead atoms. The molecule has 0 amide bonds. The molecule has 1 aromatic carbocycles. The quantitative estimate of drug-likeness (QED) is 0.837. The molecule has 5 rings (SSSR count). The molecule has 0 radical (unpaired) electrons. The topological polar surface area (TPSA) is 72.9 Å². The van der Waals surface area contributed by atoms with Crippen LogP contribution >= 0.6 is 0 Å². The molecule has 1 atom stereocenters. The predicted octanol–water partition coefficient (Wildman–Crippen LogP) is 3.11. The van der Waals surface area contributed by atoms with E-state index < -0.39 is 5.92 Å². The van der Waals surface area contributed by atoms with E-state index in [0.29, 0.717) is 29.8 Å². The average molecular weight is 340 g/mol. The van der Waals surface area contributed by atoms with E-state index in [1.807, 2.05) is 0 Å². The van der Waals surface area contributed by atoms with Crippen molar-refractivity contribution in [3.05, 3.63) is 40.8 Å². The molecule has 1 saturated carbocycles. The highest BCUT2D eigenvalue weighted by Gasteiger charge is 2.46. The van der Waals surface area contributed by atoms with Gasteiger partial charge in [0.15, 0.2) is 0 Å². The number of anilines is 2. The SMILES string of the molecule is Nc1c2c(nn1C(=O)C1CCNc3ccc(F)cc31)CCC1(CC1)C2. The highest BCUT2D eigenvalue weighted by Crippen LogP contribution is 2.55. The van der Waals surface area contributed by atoms with Gasteiger partial charge >= 0.3 is 0 Å². The molecule has 2 aliphatic carbocycles. The van der Waals surface area contributed by atoms with Gasteiger partial charge in [-0.2, -0.15) is 9.78 Å². The summed E-state index contributed by atoms with van der Waals surface area (Å²) in [5.74, 6) is -0.401. The second-order valence-electron chi connectivity index (χ2n) is 7.74. The molecular formula is C19H21FN4O. The molecule has 1 spiro atoms. The fraction of sp³-hybridized carbons (Fsp3) is 0.474.